The van der Waals surface area contributed by atoms with Crippen molar-refractivity contribution in [1.29, 1.82) is 0 Å². The average Bonchev–Trinajstić information content (AvgIpc) is 2.76. The molecule has 1 aromatic carbocycles. The Morgan fingerprint density at radius 3 is 2.40 bits per heavy atom. The molecule has 1 heterocycles. The van der Waals surface area contributed by atoms with Crippen molar-refractivity contribution in [1.82, 2.24) is 4.57 Å². The second-order valence-corrected chi connectivity index (χ2v) is 4.65. The molecule has 0 saturated heterocycles. The van der Waals surface area contributed by atoms with Gasteiger partial charge in [0.15, 0.2) is 12.3 Å². The first-order chi connectivity index (χ1) is 9.60. The van der Waals surface area contributed by atoms with Crippen LogP contribution in [0.5, 0.6) is 0 Å². The quantitative estimate of drug-likeness (QED) is 0.634. The number of ether oxygens (including phenoxy) is 1. The molecule has 0 fully saturated rings. The van der Waals surface area contributed by atoms with Crippen LogP contribution in [0.4, 0.5) is 0 Å². The minimum absolute atomic E-state index is 0.351. The molecular formula is C16H17NO3. The van der Waals surface area contributed by atoms with Crippen LogP contribution in [-0.2, 0) is 9.53 Å². The number of aromatic nitrogens is 1. The first-order valence-corrected chi connectivity index (χ1v) is 6.36. The predicted molar refractivity (Wildman–Crippen MR) is 75.9 cm³/mol. The molecule has 0 aliphatic heterocycles. The number of carbonyl (C=O) groups excluding carboxylic acids is 2. The first-order valence-electron chi connectivity index (χ1n) is 6.36. The summed E-state index contributed by atoms with van der Waals surface area (Å²) in [5.41, 5.74) is 3.03. The Morgan fingerprint density at radius 1 is 1.25 bits per heavy atom. The SMILES string of the molecule is COC(=O)C(c1ccccc1)n1c(C)cc(C=O)c1C. The highest BCUT2D eigenvalue weighted by Gasteiger charge is 2.26. The van der Waals surface area contributed by atoms with Crippen molar-refractivity contribution in [3.8, 4) is 0 Å². The second kappa shape index (κ2) is 5.74. The molecule has 2 aromatic rings. The van der Waals surface area contributed by atoms with E-state index in [1.807, 2.05) is 48.7 Å². The van der Waals surface area contributed by atoms with E-state index >= 15 is 0 Å². The van der Waals surface area contributed by atoms with E-state index in [2.05, 4.69) is 0 Å². The number of aryl methyl sites for hydroxylation is 1. The normalized spacial score (nSPS) is 11.9. The van der Waals surface area contributed by atoms with Gasteiger partial charge in [-0.2, -0.15) is 0 Å². The van der Waals surface area contributed by atoms with Crippen molar-refractivity contribution in [2.75, 3.05) is 7.11 Å². The summed E-state index contributed by atoms with van der Waals surface area (Å²) < 4.78 is 6.76. The number of esters is 1. The van der Waals surface area contributed by atoms with Crippen molar-refractivity contribution in [3.63, 3.8) is 0 Å². The number of hydrogen-bond donors (Lipinski definition) is 0. The standard InChI is InChI=1S/C16H17NO3/c1-11-9-14(10-18)12(2)17(11)15(16(19)20-3)13-7-5-4-6-8-13/h4-10,15H,1-3H3. The Bertz CT molecular complexity index is 629. The van der Waals surface area contributed by atoms with Crippen LogP contribution in [-0.4, -0.2) is 23.9 Å². The second-order valence-electron chi connectivity index (χ2n) is 4.65. The molecule has 1 unspecified atom stereocenters. The third-order valence-corrected chi connectivity index (χ3v) is 3.45. The van der Waals surface area contributed by atoms with Gasteiger partial charge in [0.25, 0.3) is 0 Å². The maximum atomic E-state index is 12.2. The molecule has 0 radical (unpaired) electrons. The number of aldehydes is 1. The largest absolute Gasteiger partial charge is 0.467 e. The average molecular weight is 271 g/mol. The van der Waals surface area contributed by atoms with Gasteiger partial charge in [0.1, 0.15) is 0 Å². The summed E-state index contributed by atoms with van der Waals surface area (Å²) in [7, 11) is 1.37. The van der Waals surface area contributed by atoms with E-state index in [4.69, 9.17) is 4.74 Å². The van der Waals surface area contributed by atoms with Crippen LogP contribution in [0.3, 0.4) is 0 Å². The maximum absolute atomic E-state index is 12.2. The lowest BCUT2D eigenvalue weighted by molar-refractivity contribution is -0.143. The fourth-order valence-electron chi connectivity index (χ4n) is 2.46. The van der Waals surface area contributed by atoms with Gasteiger partial charge < -0.3 is 9.30 Å². The van der Waals surface area contributed by atoms with Gasteiger partial charge in [-0.25, -0.2) is 4.79 Å². The van der Waals surface area contributed by atoms with Crippen molar-refractivity contribution < 1.29 is 14.3 Å². The van der Waals surface area contributed by atoms with E-state index in [-0.39, 0.29) is 5.97 Å². The fourth-order valence-corrected chi connectivity index (χ4v) is 2.46. The number of hydrogen-bond acceptors (Lipinski definition) is 3. The molecule has 104 valence electrons. The fraction of sp³-hybridized carbons (Fsp3) is 0.250. The summed E-state index contributed by atoms with van der Waals surface area (Å²) >= 11 is 0. The molecule has 0 amide bonds. The Hall–Kier alpha value is -2.36. The lowest BCUT2D eigenvalue weighted by Crippen LogP contribution is -2.24. The van der Waals surface area contributed by atoms with Crippen LogP contribution in [0.1, 0.15) is 33.4 Å². The van der Waals surface area contributed by atoms with Gasteiger partial charge in [-0.05, 0) is 25.5 Å². The lowest BCUT2D eigenvalue weighted by Gasteiger charge is -2.21. The third kappa shape index (κ3) is 2.37. The molecule has 1 atom stereocenters. The first kappa shape index (κ1) is 14.1. The van der Waals surface area contributed by atoms with Gasteiger partial charge in [-0.15, -0.1) is 0 Å². The zero-order valence-corrected chi connectivity index (χ0v) is 11.8. The van der Waals surface area contributed by atoms with E-state index < -0.39 is 6.04 Å². The summed E-state index contributed by atoms with van der Waals surface area (Å²) in [4.78, 5) is 23.2. The van der Waals surface area contributed by atoms with Crippen LogP contribution >= 0.6 is 0 Å². The van der Waals surface area contributed by atoms with Gasteiger partial charge in [-0.3, -0.25) is 4.79 Å². The highest BCUT2D eigenvalue weighted by molar-refractivity contribution is 5.81. The molecule has 20 heavy (non-hydrogen) atoms. The molecule has 0 N–H and O–H groups in total. The van der Waals surface area contributed by atoms with Gasteiger partial charge >= 0.3 is 5.97 Å². The van der Waals surface area contributed by atoms with Crippen LogP contribution in [0.2, 0.25) is 0 Å². The summed E-state index contributed by atoms with van der Waals surface area (Å²) in [6, 6.07) is 10.6. The Balaban J connectivity index is 2.62. The van der Waals surface area contributed by atoms with E-state index in [0.29, 0.717) is 5.56 Å². The molecule has 0 saturated carbocycles. The highest BCUT2D eigenvalue weighted by Crippen LogP contribution is 2.26. The molecule has 4 nitrogen and oxygen atoms in total. The number of rotatable bonds is 4. The maximum Gasteiger partial charge on any atom is 0.333 e. The van der Waals surface area contributed by atoms with Gasteiger partial charge in [0.05, 0.1) is 7.11 Å². The minimum Gasteiger partial charge on any atom is -0.467 e. The zero-order valence-electron chi connectivity index (χ0n) is 11.8. The summed E-state index contributed by atoms with van der Waals surface area (Å²) in [6.45, 7) is 3.70. The van der Waals surface area contributed by atoms with Crippen LogP contribution < -0.4 is 0 Å². The number of carbonyl (C=O) groups is 2. The van der Waals surface area contributed by atoms with Gasteiger partial charge in [0.2, 0.25) is 0 Å². The monoisotopic (exact) mass is 271 g/mol. The third-order valence-electron chi connectivity index (χ3n) is 3.45. The highest BCUT2D eigenvalue weighted by atomic mass is 16.5. The van der Waals surface area contributed by atoms with Gasteiger partial charge in [0, 0.05) is 17.0 Å². The molecular weight excluding hydrogens is 254 g/mol. The molecule has 4 heteroatoms. The van der Waals surface area contributed by atoms with Crippen LogP contribution in [0, 0.1) is 13.8 Å². The zero-order chi connectivity index (χ0) is 14.7. The van der Waals surface area contributed by atoms with E-state index in [1.54, 1.807) is 6.07 Å². The van der Waals surface area contributed by atoms with E-state index in [1.165, 1.54) is 7.11 Å². The topological polar surface area (TPSA) is 48.3 Å². The van der Waals surface area contributed by atoms with Crippen LogP contribution in [0.25, 0.3) is 0 Å². The predicted octanol–water partition coefficient (Wildman–Crippen LogP) is 2.68. The Kier molecular flexibility index (Phi) is 4.03. The molecule has 0 bridgehead atoms. The van der Waals surface area contributed by atoms with Crippen molar-refractivity contribution in [2.24, 2.45) is 0 Å². The van der Waals surface area contributed by atoms with Crippen molar-refractivity contribution in [3.05, 3.63) is 58.9 Å². The molecule has 2 rings (SSSR count). The van der Waals surface area contributed by atoms with E-state index in [9.17, 15) is 9.59 Å². The lowest BCUT2D eigenvalue weighted by atomic mass is 10.1. The molecule has 1 aromatic heterocycles. The summed E-state index contributed by atoms with van der Waals surface area (Å²) in [5.74, 6) is -0.351. The molecule has 0 spiro atoms. The van der Waals surface area contributed by atoms with Gasteiger partial charge in [-0.1, -0.05) is 30.3 Å². The minimum atomic E-state index is -0.574. The molecule has 0 aliphatic rings. The van der Waals surface area contributed by atoms with Crippen molar-refractivity contribution in [2.45, 2.75) is 19.9 Å². The number of methoxy groups -OCH3 is 1. The summed E-state index contributed by atoms with van der Waals surface area (Å²) in [6.07, 6.45) is 0.804. The molecule has 0 aliphatic carbocycles. The Labute approximate surface area is 118 Å². The Morgan fingerprint density at radius 2 is 1.90 bits per heavy atom. The van der Waals surface area contributed by atoms with Crippen LogP contribution in [0.15, 0.2) is 36.4 Å². The smallest absolute Gasteiger partial charge is 0.333 e. The number of nitrogens with zero attached hydrogens (tertiary/aromatic N) is 1. The van der Waals surface area contributed by atoms with Crippen molar-refractivity contribution >= 4 is 12.3 Å². The van der Waals surface area contributed by atoms with E-state index in [0.717, 1.165) is 23.2 Å². The summed E-state index contributed by atoms with van der Waals surface area (Å²) in [5, 5.41) is 0. The number of benzene rings is 1.